The van der Waals surface area contributed by atoms with Gasteiger partial charge in [0.25, 0.3) is 5.91 Å². The van der Waals surface area contributed by atoms with Crippen LogP contribution in [0, 0.1) is 18.6 Å². The highest BCUT2D eigenvalue weighted by Gasteiger charge is 2.26. The fourth-order valence-electron chi connectivity index (χ4n) is 3.42. The molecule has 1 saturated heterocycles. The Hall–Kier alpha value is -2.47. The summed E-state index contributed by atoms with van der Waals surface area (Å²) in [4.78, 5) is 17.5. The maximum absolute atomic E-state index is 14.1. The van der Waals surface area contributed by atoms with E-state index >= 15 is 0 Å². The second kappa shape index (κ2) is 6.68. The zero-order chi connectivity index (χ0) is 18.3. The van der Waals surface area contributed by atoms with Crippen LogP contribution < -0.4 is 4.90 Å². The number of carbonyl (C=O) groups excluding carboxylic acids is 1. The molecule has 4 rings (SSSR count). The van der Waals surface area contributed by atoms with Gasteiger partial charge in [-0.25, -0.2) is 8.78 Å². The van der Waals surface area contributed by atoms with Gasteiger partial charge < -0.3 is 9.80 Å². The molecule has 134 valence electrons. The topological polar surface area (TPSA) is 23.6 Å². The van der Waals surface area contributed by atoms with Crippen molar-refractivity contribution >= 4 is 33.0 Å². The molecular weight excluding hydrogens is 354 g/mol. The number of hydrogen-bond donors (Lipinski definition) is 0. The van der Waals surface area contributed by atoms with Crippen LogP contribution >= 0.6 is 11.3 Å². The molecule has 1 aliphatic rings. The lowest BCUT2D eigenvalue weighted by atomic mass is 10.1. The summed E-state index contributed by atoms with van der Waals surface area (Å²) in [6, 6.07) is 11.3. The number of anilines is 1. The Balaban J connectivity index is 1.51. The average Bonchev–Trinajstić information content (AvgIpc) is 3.00. The molecule has 26 heavy (non-hydrogen) atoms. The van der Waals surface area contributed by atoms with Crippen LogP contribution in [0.15, 0.2) is 42.5 Å². The molecule has 2 heterocycles. The lowest BCUT2D eigenvalue weighted by molar-refractivity contribution is 0.0751. The first kappa shape index (κ1) is 17.0. The zero-order valence-electron chi connectivity index (χ0n) is 14.3. The molecule has 2 aromatic carbocycles. The first-order valence-electron chi connectivity index (χ1n) is 8.52. The van der Waals surface area contributed by atoms with Gasteiger partial charge in [-0.15, -0.1) is 11.3 Å². The van der Waals surface area contributed by atoms with Crippen LogP contribution in [0.3, 0.4) is 0 Å². The Labute approximate surface area is 154 Å². The van der Waals surface area contributed by atoms with E-state index in [0.717, 1.165) is 10.4 Å². The van der Waals surface area contributed by atoms with Crippen molar-refractivity contribution in [3.8, 4) is 0 Å². The SMILES string of the molecule is Cc1c(C(=O)N2CCN(c3ccc(F)cc3)CC2)sc2cccc(F)c12. The molecule has 0 atom stereocenters. The lowest BCUT2D eigenvalue weighted by Crippen LogP contribution is -2.48. The normalized spacial score (nSPS) is 14.9. The monoisotopic (exact) mass is 372 g/mol. The summed E-state index contributed by atoms with van der Waals surface area (Å²) in [5.41, 5.74) is 1.67. The van der Waals surface area contributed by atoms with Crippen molar-refractivity contribution in [1.82, 2.24) is 4.90 Å². The third-order valence-corrected chi connectivity index (χ3v) is 6.10. The number of amides is 1. The Morgan fingerprint density at radius 2 is 1.69 bits per heavy atom. The maximum Gasteiger partial charge on any atom is 0.264 e. The molecule has 1 fully saturated rings. The molecule has 0 saturated carbocycles. The number of rotatable bonds is 2. The highest BCUT2D eigenvalue weighted by molar-refractivity contribution is 7.21. The predicted octanol–water partition coefficient (Wildman–Crippen LogP) is 4.45. The molecular formula is C20H18F2N2OS. The van der Waals surface area contributed by atoms with Gasteiger partial charge in [0.2, 0.25) is 0 Å². The van der Waals surface area contributed by atoms with E-state index in [9.17, 15) is 13.6 Å². The molecule has 0 aliphatic carbocycles. The number of nitrogens with zero attached hydrogens (tertiary/aromatic N) is 2. The lowest BCUT2D eigenvalue weighted by Gasteiger charge is -2.36. The van der Waals surface area contributed by atoms with Crippen LogP contribution in [0.4, 0.5) is 14.5 Å². The summed E-state index contributed by atoms with van der Waals surface area (Å²) in [5.74, 6) is -0.576. The summed E-state index contributed by atoms with van der Waals surface area (Å²) in [6.45, 7) is 4.37. The summed E-state index contributed by atoms with van der Waals surface area (Å²) in [5, 5.41) is 0.547. The Morgan fingerprint density at radius 1 is 1.00 bits per heavy atom. The molecule has 0 spiro atoms. The van der Waals surface area contributed by atoms with Crippen LogP contribution in [0.1, 0.15) is 15.2 Å². The van der Waals surface area contributed by atoms with Crippen LogP contribution in [0.2, 0.25) is 0 Å². The van der Waals surface area contributed by atoms with E-state index in [0.29, 0.717) is 42.0 Å². The second-order valence-electron chi connectivity index (χ2n) is 6.42. The summed E-state index contributed by atoms with van der Waals surface area (Å²) < 4.78 is 28.0. The van der Waals surface area contributed by atoms with E-state index in [1.807, 2.05) is 17.9 Å². The summed E-state index contributed by atoms with van der Waals surface area (Å²) in [6.07, 6.45) is 0. The van der Waals surface area contributed by atoms with Gasteiger partial charge in [0.15, 0.2) is 0 Å². The van der Waals surface area contributed by atoms with Crippen LogP contribution in [-0.4, -0.2) is 37.0 Å². The van der Waals surface area contributed by atoms with Crippen molar-refractivity contribution in [2.45, 2.75) is 6.92 Å². The molecule has 0 radical (unpaired) electrons. The minimum atomic E-state index is -0.281. The van der Waals surface area contributed by atoms with Gasteiger partial charge >= 0.3 is 0 Å². The Bertz CT molecular complexity index is 960. The fourth-order valence-corrected chi connectivity index (χ4v) is 4.61. The van der Waals surface area contributed by atoms with Crippen molar-refractivity contribution < 1.29 is 13.6 Å². The highest BCUT2D eigenvalue weighted by Crippen LogP contribution is 2.33. The van der Waals surface area contributed by atoms with Gasteiger partial charge in [0.05, 0.1) is 4.88 Å². The van der Waals surface area contributed by atoms with Gasteiger partial charge in [-0.2, -0.15) is 0 Å². The van der Waals surface area contributed by atoms with E-state index in [4.69, 9.17) is 0 Å². The van der Waals surface area contributed by atoms with Gasteiger partial charge in [-0.1, -0.05) is 6.07 Å². The molecule has 6 heteroatoms. The molecule has 0 bridgehead atoms. The van der Waals surface area contributed by atoms with Crippen molar-refractivity contribution in [1.29, 1.82) is 0 Å². The molecule has 3 aromatic rings. The van der Waals surface area contributed by atoms with Crippen LogP contribution in [-0.2, 0) is 0 Å². The molecule has 1 amide bonds. The number of fused-ring (bicyclic) bond motifs is 1. The van der Waals surface area contributed by atoms with Crippen molar-refractivity contribution in [3.05, 3.63) is 64.5 Å². The predicted molar refractivity (Wildman–Crippen MR) is 101 cm³/mol. The van der Waals surface area contributed by atoms with Gasteiger partial charge in [0, 0.05) is 42.0 Å². The highest BCUT2D eigenvalue weighted by atomic mass is 32.1. The number of hydrogen-bond acceptors (Lipinski definition) is 3. The Kier molecular flexibility index (Phi) is 4.36. The molecule has 1 aliphatic heterocycles. The van der Waals surface area contributed by atoms with Crippen LogP contribution in [0.25, 0.3) is 10.1 Å². The largest absolute Gasteiger partial charge is 0.368 e. The summed E-state index contributed by atoms with van der Waals surface area (Å²) in [7, 11) is 0. The number of carbonyl (C=O) groups is 1. The molecule has 3 nitrogen and oxygen atoms in total. The minimum Gasteiger partial charge on any atom is -0.368 e. The minimum absolute atomic E-state index is 0.0399. The van der Waals surface area contributed by atoms with E-state index in [-0.39, 0.29) is 17.5 Å². The third kappa shape index (κ3) is 2.94. The number of benzene rings is 2. The number of piperazine rings is 1. The van der Waals surface area contributed by atoms with Gasteiger partial charge in [-0.3, -0.25) is 4.79 Å². The third-order valence-electron chi connectivity index (χ3n) is 4.86. The van der Waals surface area contributed by atoms with E-state index in [1.54, 1.807) is 18.2 Å². The zero-order valence-corrected chi connectivity index (χ0v) is 15.2. The Morgan fingerprint density at radius 3 is 2.35 bits per heavy atom. The second-order valence-corrected chi connectivity index (χ2v) is 7.48. The fraction of sp³-hybridized carbons (Fsp3) is 0.250. The van der Waals surface area contributed by atoms with Gasteiger partial charge in [-0.05, 0) is 48.9 Å². The quantitative estimate of drug-likeness (QED) is 0.664. The maximum atomic E-state index is 14.1. The number of aryl methyl sites for hydroxylation is 1. The van der Waals surface area contributed by atoms with Crippen LogP contribution in [0.5, 0.6) is 0 Å². The van der Waals surface area contributed by atoms with Crippen molar-refractivity contribution in [3.63, 3.8) is 0 Å². The first-order chi connectivity index (χ1) is 12.5. The standard InChI is InChI=1S/C20H18F2N2OS/c1-13-18-16(22)3-2-4-17(18)26-19(13)20(25)24-11-9-23(10-12-24)15-7-5-14(21)6-8-15/h2-8H,9-12H2,1H3. The number of halogens is 2. The smallest absolute Gasteiger partial charge is 0.264 e. The first-order valence-corrected chi connectivity index (χ1v) is 9.33. The molecule has 0 N–H and O–H groups in total. The van der Waals surface area contributed by atoms with Gasteiger partial charge in [0.1, 0.15) is 11.6 Å². The van der Waals surface area contributed by atoms with Crippen molar-refractivity contribution in [2.24, 2.45) is 0 Å². The van der Waals surface area contributed by atoms with E-state index in [1.165, 1.54) is 29.5 Å². The summed E-state index contributed by atoms with van der Waals surface area (Å²) >= 11 is 1.35. The number of thiophene rings is 1. The van der Waals surface area contributed by atoms with Crippen molar-refractivity contribution in [2.75, 3.05) is 31.1 Å². The average molecular weight is 372 g/mol. The molecule has 1 aromatic heterocycles. The molecule has 0 unspecified atom stereocenters. The van der Waals surface area contributed by atoms with E-state index < -0.39 is 0 Å². The van der Waals surface area contributed by atoms with E-state index in [2.05, 4.69) is 4.90 Å².